The van der Waals surface area contributed by atoms with E-state index in [2.05, 4.69) is 49.6 Å². The molecule has 3 unspecified atom stereocenters. The Morgan fingerprint density at radius 2 is 2.00 bits per heavy atom. The van der Waals surface area contributed by atoms with E-state index in [1.807, 2.05) is 11.3 Å². The molecule has 0 amide bonds. The number of hydrogen-bond acceptors (Lipinski definition) is 4. The van der Waals surface area contributed by atoms with Gasteiger partial charge in [-0.25, -0.2) is 0 Å². The van der Waals surface area contributed by atoms with Gasteiger partial charge in [0, 0.05) is 39.9 Å². The van der Waals surface area contributed by atoms with Crippen molar-refractivity contribution >= 4 is 23.1 Å². The van der Waals surface area contributed by atoms with Crippen LogP contribution in [0.2, 0.25) is 0 Å². The van der Waals surface area contributed by atoms with Gasteiger partial charge in [-0.2, -0.15) is 11.8 Å². The predicted octanol–water partition coefficient (Wildman–Crippen LogP) is 2.88. The Labute approximate surface area is 113 Å². The topological polar surface area (TPSA) is 29.3 Å². The van der Waals surface area contributed by atoms with E-state index in [0.29, 0.717) is 16.5 Å². The zero-order chi connectivity index (χ0) is 12.4. The van der Waals surface area contributed by atoms with Crippen LogP contribution in [0.15, 0.2) is 12.1 Å². The van der Waals surface area contributed by atoms with Gasteiger partial charge in [0.1, 0.15) is 0 Å². The normalized spacial score (nSPS) is 28.2. The third kappa shape index (κ3) is 3.25. The Kier molecular flexibility index (Phi) is 4.53. The van der Waals surface area contributed by atoms with E-state index < -0.39 is 0 Å². The molecule has 1 aliphatic rings. The van der Waals surface area contributed by atoms with Crippen molar-refractivity contribution in [2.45, 2.75) is 37.3 Å². The molecule has 1 aliphatic heterocycles. The highest BCUT2D eigenvalue weighted by Crippen LogP contribution is 2.33. The third-order valence-corrected chi connectivity index (χ3v) is 5.53. The first-order valence-corrected chi connectivity index (χ1v) is 8.02. The first kappa shape index (κ1) is 13.4. The molecule has 4 heteroatoms. The van der Waals surface area contributed by atoms with Gasteiger partial charge < -0.3 is 5.73 Å². The lowest BCUT2D eigenvalue weighted by Gasteiger charge is -2.39. The van der Waals surface area contributed by atoms with E-state index in [1.165, 1.54) is 9.75 Å². The summed E-state index contributed by atoms with van der Waals surface area (Å²) in [4.78, 5) is 5.37. The van der Waals surface area contributed by atoms with E-state index in [-0.39, 0.29) is 0 Å². The van der Waals surface area contributed by atoms with E-state index >= 15 is 0 Å². The zero-order valence-electron chi connectivity index (χ0n) is 10.8. The molecular formula is C13H22N2S2. The van der Waals surface area contributed by atoms with Crippen molar-refractivity contribution in [3.05, 3.63) is 21.9 Å². The molecule has 2 N–H and O–H groups in total. The molecule has 2 rings (SSSR count). The lowest BCUT2D eigenvalue weighted by molar-refractivity contribution is 0.202. The van der Waals surface area contributed by atoms with Crippen molar-refractivity contribution in [2.75, 3.05) is 19.6 Å². The lowest BCUT2D eigenvalue weighted by Crippen LogP contribution is -2.44. The molecule has 17 heavy (non-hydrogen) atoms. The van der Waals surface area contributed by atoms with Crippen molar-refractivity contribution in [3.8, 4) is 0 Å². The quantitative estimate of drug-likeness (QED) is 0.916. The summed E-state index contributed by atoms with van der Waals surface area (Å²) in [5.74, 6) is 0. The Morgan fingerprint density at radius 3 is 2.47 bits per heavy atom. The van der Waals surface area contributed by atoms with Crippen molar-refractivity contribution in [1.82, 2.24) is 4.90 Å². The first-order chi connectivity index (χ1) is 8.10. The second-order valence-corrected chi connectivity index (χ2v) is 8.11. The highest BCUT2D eigenvalue weighted by atomic mass is 32.2. The molecule has 1 aromatic rings. The highest BCUT2D eigenvalue weighted by molar-refractivity contribution is 8.00. The van der Waals surface area contributed by atoms with Gasteiger partial charge in [0.15, 0.2) is 0 Å². The number of aryl methyl sites for hydroxylation is 1. The Bertz CT molecular complexity index is 354. The largest absolute Gasteiger partial charge is 0.329 e. The number of thiophene rings is 1. The molecule has 2 nitrogen and oxygen atoms in total. The molecule has 1 fully saturated rings. The Morgan fingerprint density at radius 1 is 1.35 bits per heavy atom. The molecule has 0 saturated carbocycles. The minimum absolute atomic E-state index is 0.416. The van der Waals surface area contributed by atoms with Crippen LogP contribution in [0, 0.1) is 6.92 Å². The van der Waals surface area contributed by atoms with Crippen LogP contribution in [0.3, 0.4) is 0 Å². The van der Waals surface area contributed by atoms with Gasteiger partial charge in [0.25, 0.3) is 0 Å². The summed E-state index contributed by atoms with van der Waals surface area (Å²) in [6, 6.07) is 4.86. The number of thioether (sulfide) groups is 1. The second kappa shape index (κ2) is 5.74. The van der Waals surface area contributed by atoms with Crippen molar-refractivity contribution < 1.29 is 0 Å². The van der Waals surface area contributed by atoms with Crippen molar-refractivity contribution in [1.29, 1.82) is 0 Å². The standard InChI is InChI=1S/C13H22N2S2/c1-9-4-5-13(17-9)12(6-14)15-7-10(2)16-11(3)8-15/h4-5,10-12H,6-8,14H2,1-3H3. The van der Waals surface area contributed by atoms with Crippen LogP contribution in [-0.2, 0) is 0 Å². The lowest BCUT2D eigenvalue weighted by atomic mass is 10.1. The molecule has 96 valence electrons. The van der Waals surface area contributed by atoms with Crippen LogP contribution in [0.1, 0.15) is 29.6 Å². The summed E-state index contributed by atoms with van der Waals surface area (Å²) in [5.41, 5.74) is 5.99. The summed E-state index contributed by atoms with van der Waals surface area (Å²) >= 11 is 3.98. The molecule has 3 atom stereocenters. The summed E-state index contributed by atoms with van der Waals surface area (Å²) in [5, 5.41) is 1.43. The maximum absolute atomic E-state index is 5.99. The van der Waals surface area contributed by atoms with Crippen LogP contribution in [0.5, 0.6) is 0 Å². The number of hydrogen-bond donors (Lipinski definition) is 1. The molecule has 0 aliphatic carbocycles. The summed E-state index contributed by atoms with van der Waals surface area (Å²) < 4.78 is 0. The van der Waals surface area contributed by atoms with Crippen molar-refractivity contribution in [3.63, 3.8) is 0 Å². The van der Waals surface area contributed by atoms with Crippen LogP contribution in [-0.4, -0.2) is 35.0 Å². The van der Waals surface area contributed by atoms with Crippen LogP contribution < -0.4 is 5.73 Å². The highest BCUT2D eigenvalue weighted by Gasteiger charge is 2.28. The average molecular weight is 270 g/mol. The number of nitrogens with two attached hydrogens (primary N) is 1. The number of nitrogens with zero attached hydrogens (tertiary/aromatic N) is 1. The van der Waals surface area contributed by atoms with Gasteiger partial charge in [-0.05, 0) is 19.1 Å². The monoisotopic (exact) mass is 270 g/mol. The fourth-order valence-corrected chi connectivity index (χ4v) is 4.92. The van der Waals surface area contributed by atoms with Gasteiger partial charge in [-0.1, -0.05) is 13.8 Å². The van der Waals surface area contributed by atoms with E-state index in [4.69, 9.17) is 5.73 Å². The maximum Gasteiger partial charge on any atom is 0.0565 e. The SMILES string of the molecule is Cc1ccc(C(CN)N2CC(C)SC(C)C2)s1. The van der Waals surface area contributed by atoms with E-state index in [1.54, 1.807) is 0 Å². The van der Waals surface area contributed by atoms with E-state index in [0.717, 1.165) is 19.6 Å². The maximum atomic E-state index is 5.99. The number of rotatable bonds is 3. The fourth-order valence-electron chi connectivity index (χ4n) is 2.55. The Balaban J connectivity index is 2.12. The summed E-state index contributed by atoms with van der Waals surface area (Å²) in [6.45, 7) is 9.85. The molecule has 0 radical (unpaired) electrons. The van der Waals surface area contributed by atoms with Gasteiger partial charge >= 0.3 is 0 Å². The fraction of sp³-hybridized carbons (Fsp3) is 0.692. The smallest absolute Gasteiger partial charge is 0.0565 e. The van der Waals surface area contributed by atoms with Gasteiger partial charge in [0.05, 0.1) is 6.04 Å². The molecular weight excluding hydrogens is 248 g/mol. The van der Waals surface area contributed by atoms with Crippen LogP contribution in [0.25, 0.3) is 0 Å². The predicted molar refractivity (Wildman–Crippen MR) is 78.9 cm³/mol. The zero-order valence-corrected chi connectivity index (χ0v) is 12.5. The van der Waals surface area contributed by atoms with Crippen LogP contribution >= 0.6 is 23.1 Å². The van der Waals surface area contributed by atoms with Gasteiger partial charge in [-0.15, -0.1) is 11.3 Å². The first-order valence-electron chi connectivity index (χ1n) is 6.26. The summed E-state index contributed by atoms with van der Waals surface area (Å²) in [6.07, 6.45) is 0. The van der Waals surface area contributed by atoms with Gasteiger partial charge in [-0.3, -0.25) is 4.90 Å². The third-order valence-electron chi connectivity index (χ3n) is 3.20. The minimum atomic E-state index is 0.416. The summed E-state index contributed by atoms with van der Waals surface area (Å²) in [7, 11) is 0. The molecule has 0 aromatic carbocycles. The molecule has 1 aromatic heterocycles. The van der Waals surface area contributed by atoms with Crippen LogP contribution in [0.4, 0.5) is 0 Å². The second-order valence-electron chi connectivity index (χ2n) is 4.91. The van der Waals surface area contributed by atoms with Crippen molar-refractivity contribution in [2.24, 2.45) is 5.73 Å². The molecule has 1 saturated heterocycles. The minimum Gasteiger partial charge on any atom is -0.329 e. The molecule has 0 bridgehead atoms. The van der Waals surface area contributed by atoms with E-state index in [9.17, 15) is 0 Å². The Hall–Kier alpha value is -0.0300. The van der Waals surface area contributed by atoms with Gasteiger partial charge in [0.2, 0.25) is 0 Å². The average Bonchev–Trinajstić information content (AvgIpc) is 2.64. The molecule has 2 heterocycles. The molecule has 0 spiro atoms.